The van der Waals surface area contributed by atoms with Gasteiger partial charge in [-0.05, 0) is 24.0 Å². The highest BCUT2D eigenvalue weighted by molar-refractivity contribution is 5.85. The Balaban J connectivity index is 0.000000845. The quantitative estimate of drug-likeness (QED) is 0.664. The molecule has 1 aliphatic carbocycles. The monoisotopic (exact) mass is 199 g/mol. The number of rotatable bonds is 0. The first-order chi connectivity index (χ1) is 5.79. The van der Waals surface area contributed by atoms with Crippen LogP contribution in [0.2, 0.25) is 0 Å². The third kappa shape index (κ3) is 1.85. The molecule has 2 nitrogen and oxygen atoms in total. The predicted molar refractivity (Wildman–Crippen MR) is 54.9 cm³/mol. The third-order valence-electron chi connectivity index (χ3n) is 2.53. The molecule has 0 spiro atoms. The molecule has 1 aromatic carbocycles. The van der Waals surface area contributed by atoms with Crippen molar-refractivity contribution in [2.45, 2.75) is 25.0 Å². The zero-order valence-corrected chi connectivity index (χ0v) is 8.13. The second kappa shape index (κ2) is 4.09. The van der Waals surface area contributed by atoms with E-state index >= 15 is 0 Å². The Morgan fingerprint density at radius 1 is 1.31 bits per heavy atom. The van der Waals surface area contributed by atoms with Gasteiger partial charge in [-0.15, -0.1) is 12.4 Å². The van der Waals surface area contributed by atoms with Crippen molar-refractivity contribution >= 4 is 12.4 Å². The maximum Gasteiger partial charge on any atom is 0.0943 e. The van der Waals surface area contributed by atoms with E-state index in [1.807, 2.05) is 18.2 Å². The fraction of sp³-hybridized carbons (Fsp3) is 0.400. The summed E-state index contributed by atoms with van der Waals surface area (Å²) in [4.78, 5) is 0. The van der Waals surface area contributed by atoms with Crippen molar-refractivity contribution in [3.8, 4) is 0 Å². The van der Waals surface area contributed by atoms with Crippen LogP contribution in [0.5, 0.6) is 0 Å². The maximum atomic E-state index is 9.70. The van der Waals surface area contributed by atoms with Crippen LogP contribution in [0.25, 0.3) is 0 Å². The summed E-state index contributed by atoms with van der Waals surface area (Å²) in [7, 11) is 0. The lowest BCUT2D eigenvalue weighted by molar-refractivity contribution is 0.134. The Kier molecular flexibility index (Phi) is 3.31. The molecule has 0 saturated carbocycles. The number of aliphatic hydroxyl groups is 1. The number of hydrogen-bond donors (Lipinski definition) is 2. The van der Waals surface area contributed by atoms with E-state index in [2.05, 4.69) is 6.07 Å². The highest BCUT2D eigenvalue weighted by atomic mass is 35.5. The molecule has 72 valence electrons. The fourth-order valence-corrected chi connectivity index (χ4v) is 1.76. The Bertz CT molecular complexity index is 290. The van der Waals surface area contributed by atoms with E-state index in [4.69, 9.17) is 5.73 Å². The van der Waals surface area contributed by atoms with Crippen LogP contribution in [0, 0.1) is 0 Å². The summed E-state index contributed by atoms with van der Waals surface area (Å²) in [6.45, 7) is 0. The summed E-state index contributed by atoms with van der Waals surface area (Å²) >= 11 is 0. The number of benzene rings is 1. The normalized spacial score (nSPS) is 26.0. The molecule has 1 aliphatic rings. The summed E-state index contributed by atoms with van der Waals surface area (Å²) in [5.74, 6) is 0. The minimum absolute atomic E-state index is 0. The SMILES string of the molecule is Cl.NC1CCc2ccccc2C1O. The van der Waals surface area contributed by atoms with Gasteiger partial charge in [0.05, 0.1) is 6.10 Å². The van der Waals surface area contributed by atoms with Crippen LogP contribution in [-0.2, 0) is 6.42 Å². The molecule has 0 heterocycles. The first kappa shape index (κ1) is 10.5. The molecule has 2 unspecified atom stereocenters. The van der Waals surface area contributed by atoms with Gasteiger partial charge in [0.25, 0.3) is 0 Å². The van der Waals surface area contributed by atoms with Crippen LogP contribution >= 0.6 is 12.4 Å². The van der Waals surface area contributed by atoms with Crippen LogP contribution in [0.1, 0.15) is 23.7 Å². The summed E-state index contributed by atoms with van der Waals surface area (Å²) in [6, 6.07) is 7.88. The number of aryl methyl sites for hydroxylation is 1. The molecule has 0 radical (unpaired) electrons. The molecule has 1 aromatic rings. The van der Waals surface area contributed by atoms with E-state index in [0.29, 0.717) is 0 Å². The minimum atomic E-state index is -0.463. The number of aliphatic hydroxyl groups excluding tert-OH is 1. The Labute approximate surface area is 84.2 Å². The highest BCUT2D eigenvalue weighted by Crippen LogP contribution is 2.28. The zero-order valence-electron chi connectivity index (χ0n) is 7.31. The van der Waals surface area contributed by atoms with Crippen LogP contribution in [0.15, 0.2) is 24.3 Å². The average molecular weight is 200 g/mol. The van der Waals surface area contributed by atoms with Gasteiger partial charge in [0, 0.05) is 6.04 Å². The number of hydrogen-bond acceptors (Lipinski definition) is 2. The summed E-state index contributed by atoms with van der Waals surface area (Å²) in [5, 5.41) is 9.70. The molecular formula is C10H14ClNO. The van der Waals surface area contributed by atoms with Crippen LogP contribution in [0.3, 0.4) is 0 Å². The number of nitrogens with two attached hydrogens (primary N) is 1. The summed E-state index contributed by atoms with van der Waals surface area (Å²) < 4.78 is 0. The first-order valence-corrected chi connectivity index (χ1v) is 4.30. The van der Waals surface area contributed by atoms with Crippen LogP contribution in [-0.4, -0.2) is 11.1 Å². The lowest BCUT2D eigenvalue weighted by Gasteiger charge is -2.26. The van der Waals surface area contributed by atoms with E-state index in [-0.39, 0.29) is 18.4 Å². The van der Waals surface area contributed by atoms with Crippen molar-refractivity contribution in [3.05, 3.63) is 35.4 Å². The smallest absolute Gasteiger partial charge is 0.0943 e. The summed E-state index contributed by atoms with van der Waals surface area (Å²) in [5.41, 5.74) is 8.00. The molecule has 3 N–H and O–H groups in total. The third-order valence-corrected chi connectivity index (χ3v) is 2.53. The second-order valence-corrected chi connectivity index (χ2v) is 3.35. The Hall–Kier alpha value is -0.570. The van der Waals surface area contributed by atoms with E-state index < -0.39 is 6.10 Å². The standard InChI is InChI=1S/C10H13NO.ClH/c11-9-6-5-7-3-1-2-4-8(7)10(9)12;/h1-4,9-10,12H,5-6,11H2;1H. The van der Waals surface area contributed by atoms with Crippen molar-refractivity contribution in [2.24, 2.45) is 5.73 Å². The molecule has 0 aliphatic heterocycles. The molecule has 2 atom stereocenters. The van der Waals surface area contributed by atoms with Gasteiger partial charge in [0.2, 0.25) is 0 Å². The molecule has 3 heteroatoms. The minimum Gasteiger partial charge on any atom is -0.387 e. The zero-order chi connectivity index (χ0) is 8.55. The van der Waals surface area contributed by atoms with Gasteiger partial charge >= 0.3 is 0 Å². The molecule has 0 aromatic heterocycles. The average Bonchev–Trinajstić information content (AvgIpc) is 2.12. The van der Waals surface area contributed by atoms with Gasteiger partial charge in [-0.25, -0.2) is 0 Å². The van der Waals surface area contributed by atoms with E-state index in [1.54, 1.807) is 0 Å². The van der Waals surface area contributed by atoms with E-state index in [9.17, 15) is 5.11 Å². The molecule has 2 rings (SSSR count). The molecule has 0 saturated heterocycles. The Morgan fingerprint density at radius 3 is 2.77 bits per heavy atom. The van der Waals surface area contributed by atoms with Gasteiger partial charge in [0.15, 0.2) is 0 Å². The van der Waals surface area contributed by atoms with Crippen molar-refractivity contribution in [3.63, 3.8) is 0 Å². The van der Waals surface area contributed by atoms with Crippen molar-refractivity contribution in [1.82, 2.24) is 0 Å². The van der Waals surface area contributed by atoms with Crippen molar-refractivity contribution in [2.75, 3.05) is 0 Å². The predicted octanol–water partition coefficient (Wildman–Crippen LogP) is 1.42. The molecule has 0 fully saturated rings. The van der Waals surface area contributed by atoms with Crippen LogP contribution in [0.4, 0.5) is 0 Å². The first-order valence-electron chi connectivity index (χ1n) is 4.30. The highest BCUT2D eigenvalue weighted by Gasteiger charge is 2.23. The van der Waals surface area contributed by atoms with E-state index in [0.717, 1.165) is 18.4 Å². The molecule has 0 bridgehead atoms. The van der Waals surface area contributed by atoms with Crippen molar-refractivity contribution < 1.29 is 5.11 Å². The van der Waals surface area contributed by atoms with Gasteiger partial charge in [-0.2, -0.15) is 0 Å². The topological polar surface area (TPSA) is 46.2 Å². The molecule has 0 amide bonds. The molecule has 13 heavy (non-hydrogen) atoms. The van der Waals surface area contributed by atoms with Gasteiger partial charge in [-0.1, -0.05) is 24.3 Å². The van der Waals surface area contributed by atoms with Gasteiger partial charge in [0.1, 0.15) is 0 Å². The maximum absolute atomic E-state index is 9.70. The number of halogens is 1. The number of fused-ring (bicyclic) bond motifs is 1. The van der Waals surface area contributed by atoms with E-state index in [1.165, 1.54) is 5.56 Å². The molecular weight excluding hydrogens is 186 g/mol. The lowest BCUT2D eigenvalue weighted by atomic mass is 9.86. The fourth-order valence-electron chi connectivity index (χ4n) is 1.76. The Morgan fingerprint density at radius 2 is 2.00 bits per heavy atom. The summed E-state index contributed by atoms with van der Waals surface area (Å²) in [6.07, 6.45) is 1.42. The van der Waals surface area contributed by atoms with Crippen molar-refractivity contribution in [1.29, 1.82) is 0 Å². The lowest BCUT2D eigenvalue weighted by Crippen LogP contribution is -2.32. The van der Waals surface area contributed by atoms with Crippen LogP contribution < -0.4 is 5.73 Å². The second-order valence-electron chi connectivity index (χ2n) is 3.35. The van der Waals surface area contributed by atoms with Gasteiger partial charge in [-0.3, -0.25) is 0 Å². The van der Waals surface area contributed by atoms with Gasteiger partial charge < -0.3 is 10.8 Å². The largest absolute Gasteiger partial charge is 0.387 e.